The van der Waals surface area contributed by atoms with Crippen LogP contribution in [0.25, 0.3) is 0 Å². The first-order valence-corrected chi connectivity index (χ1v) is 9.54. The van der Waals surface area contributed by atoms with E-state index in [4.69, 9.17) is 15.9 Å². The number of aromatic amines is 1. The zero-order valence-electron chi connectivity index (χ0n) is 17.3. The summed E-state index contributed by atoms with van der Waals surface area (Å²) in [7, 11) is 0. The molecule has 0 saturated heterocycles. The first-order chi connectivity index (χ1) is 14.5. The summed E-state index contributed by atoms with van der Waals surface area (Å²) in [6.45, 7) is 2.93. The van der Waals surface area contributed by atoms with Crippen molar-refractivity contribution in [1.29, 1.82) is 0 Å². The highest BCUT2D eigenvalue weighted by Crippen LogP contribution is 2.07. The topological polar surface area (TPSA) is 217 Å². The lowest BCUT2D eigenvalue weighted by Gasteiger charge is -2.24. The molecule has 0 aliphatic carbocycles. The Hall–Kier alpha value is -3.48. The van der Waals surface area contributed by atoms with Gasteiger partial charge in [0, 0.05) is 18.3 Å². The number of hydrogen-bond donors (Lipinski definition) is 7. The van der Waals surface area contributed by atoms with Gasteiger partial charge in [0.1, 0.15) is 18.6 Å². The molecule has 0 aliphatic rings. The second-order valence-electron chi connectivity index (χ2n) is 7.35. The van der Waals surface area contributed by atoms with E-state index in [0.717, 1.165) is 0 Å². The van der Waals surface area contributed by atoms with E-state index in [2.05, 4.69) is 25.9 Å². The van der Waals surface area contributed by atoms with Crippen LogP contribution in [0.15, 0.2) is 12.5 Å². The highest BCUT2D eigenvalue weighted by atomic mass is 16.4. The number of carboxylic acid groups (broad SMARTS) is 2. The minimum Gasteiger partial charge on any atom is -0.481 e. The van der Waals surface area contributed by atoms with E-state index in [-0.39, 0.29) is 18.8 Å². The average molecular weight is 440 g/mol. The van der Waals surface area contributed by atoms with Crippen molar-refractivity contribution in [1.82, 2.24) is 25.9 Å². The third kappa shape index (κ3) is 9.71. The molecule has 172 valence electrons. The number of nitrogens with two attached hydrogens (primary N) is 1. The van der Waals surface area contributed by atoms with Crippen LogP contribution in [-0.2, 0) is 30.4 Å². The molecule has 3 amide bonds. The van der Waals surface area contributed by atoms with Gasteiger partial charge in [-0.05, 0) is 12.3 Å². The van der Waals surface area contributed by atoms with Crippen molar-refractivity contribution < 1.29 is 34.2 Å². The Morgan fingerprint density at radius 2 is 1.68 bits per heavy atom. The Labute approximate surface area is 178 Å². The number of hydrogen-bond acceptors (Lipinski definition) is 7. The van der Waals surface area contributed by atoms with E-state index in [1.807, 2.05) is 0 Å². The summed E-state index contributed by atoms with van der Waals surface area (Å²) in [6.07, 6.45) is 2.40. The maximum atomic E-state index is 12.6. The molecule has 0 aliphatic heterocycles. The summed E-state index contributed by atoms with van der Waals surface area (Å²) in [5.41, 5.74) is 6.39. The van der Waals surface area contributed by atoms with Crippen LogP contribution in [0, 0.1) is 5.92 Å². The van der Waals surface area contributed by atoms with E-state index in [1.165, 1.54) is 12.5 Å². The fraction of sp³-hybridized carbons (Fsp3) is 0.556. The minimum atomic E-state index is -1.49. The van der Waals surface area contributed by atoms with Crippen molar-refractivity contribution in [3.8, 4) is 0 Å². The van der Waals surface area contributed by atoms with Crippen LogP contribution in [-0.4, -0.2) is 74.5 Å². The van der Waals surface area contributed by atoms with Gasteiger partial charge in [-0.2, -0.15) is 0 Å². The van der Waals surface area contributed by atoms with E-state index in [1.54, 1.807) is 13.8 Å². The van der Waals surface area contributed by atoms with E-state index >= 15 is 0 Å². The Kier molecular flexibility index (Phi) is 10.1. The van der Waals surface area contributed by atoms with Gasteiger partial charge in [0.2, 0.25) is 17.7 Å². The largest absolute Gasteiger partial charge is 0.481 e. The lowest BCUT2D eigenvalue weighted by molar-refractivity contribution is -0.141. The molecular formula is C18H28N6O7. The Bertz CT molecular complexity index is 780. The monoisotopic (exact) mass is 440 g/mol. The number of H-pyrrole nitrogens is 1. The highest BCUT2D eigenvalue weighted by Gasteiger charge is 2.30. The Balaban J connectivity index is 2.85. The molecule has 0 fully saturated rings. The van der Waals surface area contributed by atoms with Gasteiger partial charge in [-0.1, -0.05) is 13.8 Å². The van der Waals surface area contributed by atoms with Crippen molar-refractivity contribution in [2.24, 2.45) is 11.7 Å². The Morgan fingerprint density at radius 3 is 2.19 bits per heavy atom. The summed E-state index contributed by atoms with van der Waals surface area (Å²) >= 11 is 0. The molecule has 1 aromatic heterocycles. The van der Waals surface area contributed by atoms with Gasteiger partial charge in [-0.25, -0.2) is 4.98 Å². The predicted molar refractivity (Wildman–Crippen MR) is 106 cm³/mol. The number of carbonyl (C=O) groups excluding carboxylic acids is 3. The van der Waals surface area contributed by atoms with Gasteiger partial charge in [-0.15, -0.1) is 0 Å². The quantitative estimate of drug-likeness (QED) is 0.180. The van der Waals surface area contributed by atoms with E-state index in [9.17, 15) is 24.0 Å². The van der Waals surface area contributed by atoms with Gasteiger partial charge in [-0.3, -0.25) is 24.0 Å². The molecule has 3 atom stereocenters. The van der Waals surface area contributed by atoms with Gasteiger partial charge in [0.15, 0.2) is 0 Å². The Morgan fingerprint density at radius 1 is 1.03 bits per heavy atom. The van der Waals surface area contributed by atoms with Crippen molar-refractivity contribution in [3.05, 3.63) is 18.2 Å². The second kappa shape index (κ2) is 12.3. The van der Waals surface area contributed by atoms with E-state index in [0.29, 0.717) is 5.69 Å². The maximum Gasteiger partial charge on any atom is 0.322 e. The first kappa shape index (κ1) is 25.6. The van der Waals surface area contributed by atoms with Crippen LogP contribution in [0.4, 0.5) is 0 Å². The summed E-state index contributed by atoms with van der Waals surface area (Å²) in [5.74, 6) is -5.05. The van der Waals surface area contributed by atoms with Gasteiger partial charge in [0.05, 0.1) is 18.8 Å². The van der Waals surface area contributed by atoms with Crippen molar-refractivity contribution in [2.45, 2.75) is 51.2 Å². The third-order valence-corrected chi connectivity index (χ3v) is 4.10. The number of nitrogens with one attached hydrogen (secondary N) is 4. The number of carbonyl (C=O) groups is 5. The summed E-state index contributed by atoms with van der Waals surface area (Å²) < 4.78 is 0. The van der Waals surface area contributed by atoms with Gasteiger partial charge < -0.3 is 36.9 Å². The van der Waals surface area contributed by atoms with Crippen molar-refractivity contribution >= 4 is 29.7 Å². The number of aromatic nitrogens is 2. The average Bonchev–Trinajstić information content (AvgIpc) is 3.17. The number of rotatable bonds is 13. The third-order valence-electron chi connectivity index (χ3n) is 4.10. The van der Waals surface area contributed by atoms with Crippen LogP contribution in [0.1, 0.15) is 32.4 Å². The van der Waals surface area contributed by atoms with Crippen molar-refractivity contribution in [2.75, 3.05) is 6.54 Å². The predicted octanol–water partition coefficient (Wildman–Crippen LogP) is -2.03. The molecule has 0 spiro atoms. The molecule has 13 heteroatoms. The molecule has 0 radical (unpaired) electrons. The van der Waals surface area contributed by atoms with Crippen LogP contribution >= 0.6 is 0 Å². The summed E-state index contributed by atoms with van der Waals surface area (Å²) in [6, 6.07) is -3.67. The van der Waals surface area contributed by atoms with Crippen molar-refractivity contribution in [3.63, 3.8) is 0 Å². The maximum absolute atomic E-state index is 12.6. The molecule has 0 bridgehead atoms. The number of imidazole rings is 1. The fourth-order valence-corrected chi connectivity index (χ4v) is 2.65. The lowest BCUT2D eigenvalue weighted by atomic mass is 10.0. The molecule has 3 unspecified atom stereocenters. The zero-order chi connectivity index (χ0) is 23.6. The van der Waals surface area contributed by atoms with Crippen LogP contribution in [0.2, 0.25) is 0 Å². The fourth-order valence-electron chi connectivity index (χ4n) is 2.65. The molecule has 1 rings (SSSR count). The normalized spacial score (nSPS) is 13.7. The van der Waals surface area contributed by atoms with Gasteiger partial charge >= 0.3 is 11.9 Å². The van der Waals surface area contributed by atoms with Crippen LogP contribution < -0.4 is 21.7 Å². The van der Waals surface area contributed by atoms with Crippen LogP contribution in [0.3, 0.4) is 0 Å². The number of aliphatic carboxylic acids is 2. The first-order valence-electron chi connectivity index (χ1n) is 9.54. The standard InChI is InChI=1S/C18H28N6O7/c1-9(2)3-12(17(30)21-7-15(27)28)24-18(31)13(5-14(25)26)23-16(29)11(19)4-10-6-20-8-22-10/h6,8-9,11-13H,3-5,7,19H2,1-2H3,(H,20,22)(H,21,30)(H,23,29)(H,24,31)(H,25,26)(H,27,28). The molecule has 0 aromatic carbocycles. The smallest absolute Gasteiger partial charge is 0.322 e. The zero-order valence-corrected chi connectivity index (χ0v) is 17.3. The summed E-state index contributed by atoms with van der Waals surface area (Å²) in [5, 5.41) is 24.7. The second-order valence-corrected chi connectivity index (χ2v) is 7.35. The molecule has 0 saturated carbocycles. The highest BCUT2D eigenvalue weighted by molar-refractivity contribution is 5.95. The molecular weight excluding hydrogens is 412 g/mol. The van der Waals surface area contributed by atoms with E-state index < -0.39 is 60.8 Å². The molecule has 8 N–H and O–H groups in total. The van der Waals surface area contributed by atoms with Gasteiger partial charge in [0.25, 0.3) is 0 Å². The SMILES string of the molecule is CC(C)CC(NC(=O)C(CC(=O)O)NC(=O)C(N)Cc1cnc[nH]1)C(=O)NCC(=O)O. The number of nitrogens with zero attached hydrogens (tertiary/aromatic N) is 1. The van der Waals surface area contributed by atoms with Crippen LogP contribution in [0.5, 0.6) is 0 Å². The summed E-state index contributed by atoms with van der Waals surface area (Å²) in [4.78, 5) is 65.7. The molecule has 31 heavy (non-hydrogen) atoms. The molecule has 1 aromatic rings. The number of amides is 3. The minimum absolute atomic E-state index is 0.0452. The molecule has 1 heterocycles. The molecule has 13 nitrogen and oxygen atoms in total. The lowest BCUT2D eigenvalue weighted by Crippen LogP contribution is -2.57. The number of carboxylic acids is 2.